The Morgan fingerprint density at radius 3 is 2.52 bits per heavy atom. The van der Waals surface area contributed by atoms with Crippen molar-refractivity contribution in [2.24, 2.45) is 5.92 Å². The third-order valence-electron chi connectivity index (χ3n) is 3.58. The maximum atomic E-state index is 5.37. The molecule has 1 heterocycles. The lowest BCUT2D eigenvalue weighted by Gasteiger charge is -2.15. The van der Waals surface area contributed by atoms with E-state index < -0.39 is 0 Å². The lowest BCUT2D eigenvalue weighted by atomic mass is 10.0. The zero-order chi connectivity index (χ0) is 15.2. The summed E-state index contributed by atoms with van der Waals surface area (Å²) in [7, 11) is 1.98. The van der Waals surface area contributed by atoms with Gasteiger partial charge in [0, 0.05) is 18.9 Å². The predicted octanol–water partition coefficient (Wildman–Crippen LogP) is 3.15. The maximum absolute atomic E-state index is 5.37. The molecule has 1 aromatic carbocycles. The lowest BCUT2D eigenvalue weighted by Crippen LogP contribution is -2.29. The van der Waals surface area contributed by atoms with Crippen LogP contribution in [0.2, 0.25) is 0 Å². The van der Waals surface area contributed by atoms with Gasteiger partial charge in [0.2, 0.25) is 5.89 Å². The molecule has 1 aromatic heterocycles. The van der Waals surface area contributed by atoms with Crippen molar-refractivity contribution in [3.63, 3.8) is 0 Å². The molecule has 0 aliphatic rings. The van der Waals surface area contributed by atoms with E-state index in [4.69, 9.17) is 4.52 Å². The molecule has 0 radical (unpaired) electrons. The van der Waals surface area contributed by atoms with Gasteiger partial charge in [-0.05, 0) is 31.9 Å². The standard InChI is InChI=1S/C17H25N3O/c1-12(2)9-15(18-4)11-17-19-16(20-21-17)10-14-7-5-13(3)6-8-14/h5-8,12,15,18H,9-11H2,1-4H3. The van der Waals surface area contributed by atoms with E-state index in [0.717, 1.165) is 31.0 Å². The van der Waals surface area contributed by atoms with Gasteiger partial charge in [0.15, 0.2) is 5.82 Å². The van der Waals surface area contributed by atoms with Crippen molar-refractivity contribution < 1.29 is 4.52 Å². The zero-order valence-electron chi connectivity index (χ0n) is 13.4. The van der Waals surface area contributed by atoms with Crippen molar-refractivity contribution in [1.82, 2.24) is 15.5 Å². The topological polar surface area (TPSA) is 51.0 Å². The molecule has 0 bridgehead atoms. The van der Waals surface area contributed by atoms with Crippen LogP contribution in [0.3, 0.4) is 0 Å². The van der Waals surface area contributed by atoms with Crippen LogP contribution in [0.25, 0.3) is 0 Å². The second-order valence-corrected chi connectivity index (χ2v) is 6.09. The number of rotatable bonds is 7. The van der Waals surface area contributed by atoms with Crippen LogP contribution < -0.4 is 5.32 Å². The lowest BCUT2D eigenvalue weighted by molar-refractivity contribution is 0.342. The summed E-state index contributed by atoms with van der Waals surface area (Å²) in [6.45, 7) is 6.53. The van der Waals surface area contributed by atoms with E-state index in [0.29, 0.717) is 12.0 Å². The molecule has 0 saturated heterocycles. The molecular formula is C17H25N3O. The highest BCUT2D eigenvalue weighted by Crippen LogP contribution is 2.12. The molecule has 4 heteroatoms. The minimum Gasteiger partial charge on any atom is -0.339 e. The largest absolute Gasteiger partial charge is 0.339 e. The average Bonchev–Trinajstić information content (AvgIpc) is 2.87. The van der Waals surface area contributed by atoms with Gasteiger partial charge in [-0.25, -0.2) is 0 Å². The monoisotopic (exact) mass is 287 g/mol. The van der Waals surface area contributed by atoms with Crippen LogP contribution in [0.15, 0.2) is 28.8 Å². The van der Waals surface area contributed by atoms with Gasteiger partial charge in [-0.3, -0.25) is 0 Å². The first kappa shape index (κ1) is 15.7. The Morgan fingerprint density at radius 2 is 1.90 bits per heavy atom. The fraction of sp³-hybridized carbons (Fsp3) is 0.529. The van der Waals surface area contributed by atoms with Crippen molar-refractivity contribution in [3.8, 4) is 0 Å². The number of hydrogen-bond donors (Lipinski definition) is 1. The Hall–Kier alpha value is -1.68. The summed E-state index contributed by atoms with van der Waals surface area (Å²) in [4.78, 5) is 4.51. The van der Waals surface area contributed by atoms with E-state index >= 15 is 0 Å². The first-order valence-corrected chi connectivity index (χ1v) is 7.61. The Morgan fingerprint density at radius 1 is 1.19 bits per heavy atom. The van der Waals surface area contributed by atoms with Crippen molar-refractivity contribution in [2.45, 2.75) is 46.1 Å². The van der Waals surface area contributed by atoms with Crippen LogP contribution in [-0.4, -0.2) is 23.2 Å². The van der Waals surface area contributed by atoms with Crippen molar-refractivity contribution >= 4 is 0 Å². The number of likely N-dealkylation sites (N-methyl/N-ethyl adjacent to an activating group) is 1. The Balaban J connectivity index is 1.95. The quantitative estimate of drug-likeness (QED) is 0.850. The number of nitrogens with zero attached hydrogens (tertiary/aromatic N) is 2. The van der Waals surface area contributed by atoms with E-state index in [1.54, 1.807) is 0 Å². The highest BCUT2D eigenvalue weighted by Gasteiger charge is 2.14. The maximum Gasteiger partial charge on any atom is 0.228 e. The fourth-order valence-corrected chi connectivity index (χ4v) is 2.42. The van der Waals surface area contributed by atoms with E-state index in [1.165, 1.54) is 11.1 Å². The summed E-state index contributed by atoms with van der Waals surface area (Å²) in [5, 5.41) is 7.41. The predicted molar refractivity (Wildman–Crippen MR) is 84.3 cm³/mol. The number of hydrogen-bond acceptors (Lipinski definition) is 4. The van der Waals surface area contributed by atoms with E-state index in [-0.39, 0.29) is 0 Å². The molecule has 0 fully saturated rings. The molecule has 0 saturated carbocycles. The van der Waals surface area contributed by atoms with Gasteiger partial charge in [0.25, 0.3) is 0 Å². The van der Waals surface area contributed by atoms with Gasteiger partial charge < -0.3 is 9.84 Å². The van der Waals surface area contributed by atoms with Crippen LogP contribution in [0.5, 0.6) is 0 Å². The summed E-state index contributed by atoms with van der Waals surface area (Å²) in [5.41, 5.74) is 2.47. The normalized spacial score (nSPS) is 12.8. The molecule has 21 heavy (non-hydrogen) atoms. The summed E-state index contributed by atoms with van der Waals surface area (Å²) in [5.74, 6) is 2.13. The molecule has 1 atom stereocenters. The molecule has 1 N–H and O–H groups in total. The van der Waals surface area contributed by atoms with E-state index in [1.807, 2.05) is 7.05 Å². The van der Waals surface area contributed by atoms with Gasteiger partial charge in [-0.1, -0.05) is 48.8 Å². The molecule has 0 spiro atoms. The summed E-state index contributed by atoms with van der Waals surface area (Å²) in [6, 6.07) is 8.82. The Kier molecular flexibility index (Phi) is 5.51. The Bertz CT molecular complexity index is 545. The SMILES string of the molecule is CNC(Cc1nc(Cc2ccc(C)cc2)no1)CC(C)C. The van der Waals surface area contributed by atoms with Crippen LogP contribution in [0, 0.1) is 12.8 Å². The first-order valence-electron chi connectivity index (χ1n) is 7.61. The minimum atomic E-state index is 0.387. The molecule has 2 rings (SSSR count). The number of nitrogens with one attached hydrogen (secondary N) is 1. The Labute approximate surface area is 127 Å². The molecule has 0 aliphatic heterocycles. The first-order chi connectivity index (χ1) is 10.1. The van der Waals surface area contributed by atoms with Gasteiger partial charge in [0.1, 0.15) is 0 Å². The summed E-state index contributed by atoms with van der Waals surface area (Å²) < 4.78 is 5.37. The summed E-state index contributed by atoms with van der Waals surface area (Å²) in [6.07, 6.45) is 2.61. The zero-order valence-corrected chi connectivity index (χ0v) is 13.4. The van der Waals surface area contributed by atoms with Crippen LogP contribution >= 0.6 is 0 Å². The van der Waals surface area contributed by atoms with Gasteiger partial charge in [-0.15, -0.1) is 0 Å². The van der Waals surface area contributed by atoms with E-state index in [9.17, 15) is 0 Å². The minimum absolute atomic E-state index is 0.387. The third-order valence-corrected chi connectivity index (χ3v) is 3.58. The van der Waals surface area contributed by atoms with Gasteiger partial charge in [-0.2, -0.15) is 4.98 Å². The number of benzene rings is 1. The molecule has 2 aromatic rings. The molecule has 114 valence electrons. The number of aromatic nitrogens is 2. The van der Waals surface area contributed by atoms with Crippen LogP contribution in [0.4, 0.5) is 0 Å². The van der Waals surface area contributed by atoms with Crippen molar-refractivity contribution in [1.29, 1.82) is 0 Å². The fourth-order valence-electron chi connectivity index (χ4n) is 2.42. The smallest absolute Gasteiger partial charge is 0.228 e. The molecule has 4 nitrogen and oxygen atoms in total. The van der Waals surface area contributed by atoms with Gasteiger partial charge >= 0.3 is 0 Å². The molecule has 0 amide bonds. The number of aryl methyl sites for hydroxylation is 1. The highest BCUT2D eigenvalue weighted by atomic mass is 16.5. The van der Waals surface area contributed by atoms with Crippen molar-refractivity contribution in [2.75, 3.05) is 7.05 Å². The van der Waals surface area contributed by atoms with Crippen LogP contribution in [-0.2, 0) is 12.8 Å². The summed E-state index contributed by atoms with van der Waals surface area (Å²) >= 11 is 0. The molecular weight excluding hydrogens is 262 g/mol. The van der Waals surface area contributed by atoms with Crippen molar-refractivity contribution in [3.05, 3.63) is 47.1 Å². The average molecular weight is 287 g/mol. The second-order valence-electron chi connectivity index (χ2n) is 6.09. The molecule has 0 aliphatic carbocycles. The second kappa shape index (κ2) is 7.36. The highest BCUT2D eigenvalue weighted by molar-refractivity contribution is 5.23. The van der Waals surface area contributed by atoms with Gasteiger partial charge in [0.05, 0.1) is 0 Å². The molecule has 1 unspecified atom stereocenters. The third kappa shape index (κ3) is 4.97. The van der Waals surface area contributed by atoms with Crippen LogP contribution in [0.1, 0.15) is 43.1 Å². The van der Waals surface area contributed by atoms with E-state index in [2.05, 4.69) is 60.5 Å².